The number of hydrogen-bond donors (Lipinski definition) is 2. The third kappa shape index (κ3) is 5.91. The molecule has 8 nitrogen and oxygen atoms in total. The first-order valence-electron chi connectivity index (χ1n) is 10.8. The summed E-state index contributed by atoms with van der Waals surface area (Å²) in [6.45, 7) is 0. The Kier molecular flexibility index (Phi) is 6.80. The molecule has 0 atom stereocenters. The van der Waals surface area contributed by atoms with Crippen molar-refractivity contribution in [2.45, 2.75) is 44.4 Å². The lowest BCUT2D eigenvalue weighted by molar-refractivity contribution is -0.384. The predicted molar refractivity (Wildman–Crippen MR) is 121 cm³/mol. The molecule has 1 aromatic heterocycles. The summed E-state index contributed by atoms with van der Waals surface area (Å²) >= 11 is 0. The molecule has 0 amide bonds. The van der Waals surface area contributed by atoms with Crippen LogP contribution in [0.4, 0.5) is 42.0 Å². The van der Waals surface area contributed by atoms with Crippen molar-refractivity contribution in [3.63, 3.8) is 0 Å². The Hall–Kier alpha value is -3.89. The van der Waals surface area contributed by atoms with Gasteiger partial charge in [0.05, 0.1) is 11.0 Å². The van der Waals surface area contributed by atoms with Crippen LogP contribution in [0.25, 0.3) is 0 Å². The van der Waals surface area contributed by atoms with Crippen molar-refractivity contribution >= 4 is 28.8 Å². The summed E-state index contributed by atoms with van der Waals surface area (Å²) in [7, 11) is 0. The highest BCUT2D eigenvalue weighted by molar-refractivity contribution is 5.64. The van der Waals surface area contributed by atoms with E-state index < -0.39 is 22.5 Å². The Bertz CT molecular complexity index is 1150. The molecule has 1 heterocycles. The molecule has 34 heavy (non-hydrogen) atoms. The van der Waals surface area contributed by atoms with E-state index in [1.807, 2.05) is 0 Å². The summed E-state index contributed by atoms with van der Waals surface area (Å²) in [5.74, 6) is 0.0458. The van der Waals surface area contributed by atoms with Gasteiger partial charge in [-0.3, -0.25) is 10.1 Å². The van der Waals surface area contributed by atoms with E-state index in [2.05, 4.69) is 20.6 Å². The van der Waals surface area contributed by atoms with Crippen LogP contribution >= 0.6 is 0 Å². The molecule has 0 unspecified atom stereocenters. The van der Waals surface area contributed by atoms with Crippen LogP contribution in [-0.2, 0) is 6.18 Å². The van der Waals surface area contributed by atoms with E-state index in [0.717, 1.165) is 25.7 Å². The molecule has 1 aliphatic rings. The van der Waals surface area contributed by atoms with Gasteiger partial charge in [0.1, 0.15) is 17.1 Å². The number of non-ortho nitro benzene ring substituents is 1. The first-order valence-corrected chi connectivity index (χ1v) is 10.8. The van der Waals surface area contributed by atoms with Gasteiger partial charge >= 0.3 is 6.18 Å². The minimum atomic E-state index is -4.68. The number of benzene rings is 2. The molecule has 0 spiro atoms. The van der Waals surface area contributed by atoms with Crippen molar-refractivity contribution in [3.8, 4) is 5.75 Å². The van der Waals surface area contributed by atoms with Crippen LogP contribution in [0.5, 0.6) is 5.75 Å². The molecule has 178 valence electrons. The third-order valence-electron chi connectivity index (χ3n) is 5.38. The standard InChI is InChI=1S/C23H22F3N5O3/c24-23(25,26)20-14-27-22(29-15-9-11-17(12-10-15)31(32)33)30-21(20)28-16-5-4-8-19(13-16)34-18-6-2-1-3-7-18/h4-5,8-14,18H,1-3,6-7H2,(H2,27,28,29,30). The van der Waals surface area contributed by atoms with Crippen LogP contribution < -0.4 is 15.4 Å². The number of hydrogen-bond acceptors (Lipinski definition) is 7. The van der Waals surface area contributed by atoms with Gasteiger partial charge < -0.3 is 15.4 Å². The maximum absolute atomic E-state index is 13.6. The molecule has 4 rings (SSSR count). The van der Waals surface area contributed by atoms with E-state index in [1.54, 1.807) is 24.3 Å². The summed E-state index contributed by atoms with van der Waals surface area (Å²) in [5, 5.41) is 16.3. The normalized spacial score (nSPS) is 14.4. The zero-order valence-electron chi connectivity index (χ0n) is 18.0. The monoisotopic (exact) mass is 473 g/mol. The van der Waals surface area contributed by atoms with Crippen molar-refractivity contribution in [1.82, 2.24) is 9.97 Å². The Labute approximate surface area is 193 Å². The molecule has 11 heteroatoms. The number of anilines is 4. The SMILES string of the molecule is O=[N+]([O-])c1ccc(Nc2ncc(C(F)(F)F)c(Nc3cccc(OC4CCCCC4)c3)n2)cc1. The number of nitrogens with zero attached hydrogens (tertiary/aromatic N) is 3. The van der Waals surface area contributed by atoms with Crippen LogP contribution in [0.2, 0.25) is 0 Å². The number of ether oxygens (including phenoxy) is 1. The Morgan fingerprint density at radius 1 is 1.00 bits per heavy atom. The number of aromatic nitrogens is 2. The van der Waals surface area contributed by atoms with E-state index in [9.17, 15) is 23.3 Å². The molecule has 0 bridgehead atoms. The molecule has 3 aromatic rings. The average molecular weight is 473 g/mol. The maximum atomic E-state index is 13.6. The number of alkyl halides is 3. The molecule has 0 aliphatic heterocycles. The Morgan fingerprint density at radius 2 is 1.74 bits per heavy atom. The van der Waals surface area contributed by atoms with Gasteiger partial charge in [0.2, 0.25) is 5.95 Å². The topological polar surface area (TPSA) is 102 Å². The zero-order valence-corrected chi connectivity index (χ0v) is 18.0. The fourth-order valence-corrected chi connectivity index (χ4v) is 3.70. The molecule has 0 saturated heterocycles. The highest BCUT2D eigenvalue weighted by Gasteiger charge is 2.35. The van der Waals surface area contributed by atoms with Gasteiger partial charge in [-0.2, -0.15) is 18.2 Å². The van der Waals surface area contributed by atoms with Gasteiger partial charge in [0.25, 0.3) is 5.69 Å². The van der Waals surface area contributed by atoms with Gasteiger partial charge in [-0.1, -0.05) is 12.5 Å². The lowest BCUT2D eigenvalue weighted by Gasteiger charge is -2.23. The van der Waals surface area contributed by atoms with Crippen molar-refractivity contribution < 1.29 is 22.8 Å². The fourth-order valence-electron chi connectivity index (χ4n) is 3.70. The Balaban J connectivity index is 1.56. The smallest absolute Gasteiger partial charge is 0.421 e. The molecule has 1 fully saturated rings. The van der Waals surface area contributed by atoms with Gasteiger partial charge in [-0.15, -0.1) is 0 Å². The van der Waals surface area contributed by atoms with Crippen molar-refractivity contribution in [1.29, 1.82) is 0 Å². The minimum absolute atomic E-state index is 0.0982. The molecule has 1 aliphatic carbocycles. The Morgan fingerprint density at radius 3 is 2.41 bits per heavy atom. The molecular formula is C23H22F3N5O3. The number of nitrogens with one attached hydrogen (secondary N) is 2. The number of rotatable bonds is 7. The van der Waals surface area contributed by atoms with E-state index >= 15 is 0 Å². The van der Waals surface area contributed by atoms with Crippen LogP contribution in [-0.4, -0.2) is 21.0 Å². The van der Waals surface area contributed by atoms with Gasteiger partial charge in [0, 0.05) is 35.8 Å². The quantitative estimate of drug-likeness (QED) is 0.294. The maximum Gasteiger partial charge on any atom is 0.421 e. The third-order valence-corrected chi connectivity index (χ3v) is 5.38. The van der Waals surface area contributed by atoms with E-state index in [-0.39, 0.29) is 17.7 Å². The summed E-state index contributed by atoms with van der Waals surface area (Å²) < 4.78 is 46.8. The minimum Gasteiger partial charge on any atom is -0.490 e. The van der Waals surface area contributed by atoms with Gasteiger partial charge in [-0.05, 0) is 49.9 Å². The lowest BCUT2D eigenvalue weighted by atomic mass is 9.98. The van der Waals surface area contributed by atoms with Crippen LogP contribution in [0.1, 0.15) is 37.7 Å². The highest BCUT2D eigenvalue weighted by atomic mass is 19.4. The first kappa shape index (κ1) is 23.3. The zero-order chi connectivity index (χ0) is 24.1. The van der Waals surface area contributed by atoms with Crippen LogP contribution in [0.15, 0.2) is 54.7 Å². The summed E-state index contributed by atoms with van der Waals surface area (Å²) in [4.78, 5) is 18.0. The molecule has 0 radical (unpaired) electrons. The lowest BCUT2D eigenvalue weighted by Crippen LogP contribution is -2.19. The predicted octanol–water partition coefficient (Wildman–Crippen LogP) is 6.60. The van der Waals surface area contributed by atoms with Gasteiger partial charge in [0.15, 0.2) is 0 Å². The number of nitro groups is 1. The number of halogens is 3. The van der Waals surface area contributed by atoms with Crippen molar-refractivity contribution in [2.75, 3.05) is 10.6 Å². The van der Waals surface area contributed by atoms with E-state index in [4.69, 9.17) is 4.74 Å². The molecule has 1 saturated carbocycles. The summed E-state index contributed by atoms with van der Waals surface area (Å²) in [6, 6.07) is 12.1. The van der Waals surface area contributed by atoms with Gasteiger partial charge in [-0.25, -0.2) is 4.98 Å². The second kappa shape index (κ2) is 9.94. The molecule has 2 aromatic carbocycles. The van der Waals surface area contributed by atoms with Crippen molar-refractivity contribution in [3.05, 3.63) is 70.4 Å². The van der Waals surface area contributed by atoms with Crippen LogP contribution in [0, 0.1) is 10.1 Å². The molecular weight excluding hydrogens is 451 g/mol. The van der Waals surface area contributed by atoms with Crippen LogP contribution in [0.3, 0.4) is 0 Å². The largest absolute Gasteiger partial charge is 0.490 e. The molecule has 2 N–H and O–H groups in total. The van der Waals surface area contributed by atoms with E-state index in [0.29, 0.717) is 23.3 Å². The summed E-state index contributed by atoms with van der Waals surface area (Å²) in [6.07, 6.45) is 1.42. The first-order chi connectivity index (χ1) is 16.3. The fraction of sp³-hybridized carbons (Fsp3) is 0.304. The summed E-state index contributed by atoms with van der Waals surface area (Å²) in [5.41, 5.74) is -0.366. The second-order valence-corrected chi connectivity index (χ2v) is 7.91. The highest BCUT2D eigenvalue weighted by Crippen LogP contribution is 2.36. The second-order valence-electron chi connectivity index (χ2n) is 7.91. The van der Waals surface area contributed by atoms with Crippen molar-refractivity contribution in [2.24, 2.45) is 0 Å². The van der Waals surface area contributed by atoms with E-state index in [1.165, 1.54) is 30.7 Å². The number of nitro benzene ring substituents is 1. The average Bonchev–Trinajstić information content (AvgIpc) is 2.80.